The largest absolute Gasteiger partial charge is 0.447 e. The van der Waals surface area contributed by atoms with Crippen LogP contribution in [-0.2, 0) is 4.74 Å². The molecule has 0 heterocycles. The summed E-state index contributed by atoms with van der Waals surface area (Å²) < 4.78 is 5.28. The SMILES string of the molecule is CCCCCCCCCC#COCCCCCC. The lowest BCUT2D eigenvalue weighted by Crippen LogP contribution is -1.87. The molecule has 0 bridgehead atoms. The van der Waals surface area contributed by atoms with E-state index in [9.17, 15) is 0 Å². The Morgan fingerprint density at radius 3 is 1.89 bits per heavy atom. The Hall–Kier alpha value is -0.640. The van der Waals surface area contributed by atoms with Gasteiger partial charge in [-0.3, -0.25) is 0 Å². The van der Waals surface area contributed by atoms with Gasteiger partial charge in [0.05, 0.1) is 0 Å². The van der Waals surface area contributed by atoms with Gasteiger partial charge in [-0.25, -0.2) is 0 Å². The van der Waals surface area contributed by atoms with Gasteiger partial charge in [-0.1, -0.05) is 77.6 Å². The summed E-state index contributed by atoms with van der Waals surface area (Å²) in [5.74, 6) is 3.11. The summed E-state index contributed by atoms with van der Waals surface area (Å²) in [6, 6.07) is 0. The van der Waals surface area contributed by atoms with Crippen LogP contribution in [0, 0.1) is 12.0 Å². The van der Waals surface area contributed by atoms with E-state index in [1.54, 1.807) is 0 Å². The van der Waals surface area contributed by atoms with E-state index in [2.05, 4.69) is 25.9 Å². The van der Waals surface area contributed by atoms with Crippen LogP contribution in [-0.4, -0.2) is 6.61 Å². The molecule has 0 atom stereocenters. The van der Waals surface area contributed by atoms with Crippen molar-refractivity contribution in [2.24, 2.45) is 0 Å². The molecule has 18 heavy (non-hydrogen) atoms. The van der Waals surface area contributed by atoms with Crippen molar-refractivity contribution < 1.29 is 4.74 Å². The first-order valence-corrected chi connectivity index (χ1v) is 8.01. The lowest BCUT2D eigenvalue weighted by Gasteiger charge is -1.98. The summed E-state index contributed by atoms with van der Waals surface area (Å²) in [4.78, 5) is 0. The molecule has 0 aromatic carbocycles. The molecule has 0 aliphatic rings. The second-order valence-electron chi connectivity index (χ2n) is 5.06. The van der Waals surface area contributed by atoms with Gasteiger partial charge < -0.3 is 4.74 Å². The van der Waals surface area contributed by atoms with Gasteiger partial charge in [0.1, 0.15) is 12.7 Å². The fourth-order valence-electron chi connectivity index (χ4n) is 1.92. The fraction of sp³-hybridized carbons (Fsp3) is 0.882. The van der Waals surface area contributed by atoms with E-state index in [0.717, 1.165) is 19.4 Å². The normalized spacial score (nSPS) is 9.89. The third-order valence-corrected chi connectivity index (χ3v) is 3.15. The predicted octanol–water partition coefficient (Wildman–Crippen LogP) is 5.68. The molecule has 1 heteroatoms. The van der Waals surface area contributed by atoms with Crippen molar-refractivity contribution in [3.05, 3.63) is 0 Å². The minimum absolute atomic E-state index is 0.810. The molecule has 0 saturated carbocycles. The second kappa shape index (κ2) is 16.4. The monoisotopic (exact) mass is 252 g/mol. The summed E-state index contributed by atoms with van der Waals surface area (Å²) >= 11 is 0. The predicted molar refractivity (Wildman–Crippen MR) is 80.5 cm³/mol. The van der Waals surface area contributed by atoms with E-state index in [4.69, 9.17) is 4.74 Å². The zero-order valence-corrected chi connectivity index (χ0v) is 12.6. The van der Waals surface area contributed by atoms with Crippen LogP contribution in [0.25, 0.3) is 0 Å². The fourth-order valence-corrected chi connectivity index (χ4v) is 1.92. The first kappa shape index (κ1) is 17.4. The molecule has 0 N–H and O–H groups in total. The minimum atomic E-state index is 0.810. The second-order valence-corrected chi connectivity index (χ2v) is 5.06. The number of rotatable bonds is 12. The molecule has 106 valence electrons. The summed E-state index contributed by atoms with van der Waals surface area (Å²) in [7, 11) is 0. The Morgan fingerprint density at radius 1 is 0.667 bits per heavy atom. The van der Waals surface area contributed by atoms with Crippen molar-refractivity contribution in [3.63, 3.8) is 0 Å². The number of unbranched alkanes of at least 4 members (excludes halogenated alkanes) is 10. The van der Waals surface area contributed by atoms with Crippen LogP contribution in [0.4, 0.5) is 0 Å². The Kier molecular flexibility index (Phi) is 15.8. The molecule has 1 nitrogen and oxygen atoms in total. The van der Waals surface area contributed by atoms with Gasteiger partial charge in [-0.2, -0.15) is 0 Å². The van der Waals surface area contributed by atoms with Crippen molar-refractivity contribution in [2.45, 2.75) is 90.9 Å². The molecule has 0 aromatic heterocycles. The highest BCUT2D eigenvalue weighted by Crippen LogP contribution is 2.07. The maximum absolute atomic E-state index is 5.28. The Morgan fingerprint density at radius 2 is 1.22 bits per heavy atom. The van der Waals surface area contributed by atoms with Crippen LogP contribution in [0.3, 0.4) is 0 Å². The smallest absolute Gasteiger partial charge is 0.110 e. The van der Waals surface area contributed by atoms with Crippen molar-refractivity contribution in [1.29, 1.82) is 0 Å². The molecule has 0 radical (unpaired) electrons. The molecule has 0 unspecified atom stereocenters. The lowest BCUT2D eigenvalue weighted by molar-refractivity contribution is 0.267. The van der Waals surface area contributed by atoms with Gasteiger partial charge in [-0.15, -0.1) is 0 Å². The van der Waals surface area contributed by atoms with E-state index in [0.29, 0.717) is 0 Å². The topological polar surface area (TPSA) is 9.23 Å². The number of hydrogen-bond acceptors (Lipinski definition) is 1. The zero-order chi connectivity index (χ0) is 13.3. The van der Waals surface area contributed by atoms with Crippen LogP contribution in [0.2, 0.25) is 0 Å². The van der Waals surface area contributed by atoms with Crippen molar-refractivity contribution >= 4 is 0 Å². The molecule has 0 aliphatic heterocycles. The summed E-state index contributed by atoms with van der Waals surface area (Å²) in [6.45, 7) is 5.30. The van der Waals surface area contributed by atoms with Crippen LogP contribution in [0.5, 0.6) is 0 Å². The molecular weight excluding hydrogens is 220 g/mol. The van der Waals surface area contributed by atoms with E-state index >= 15 is 0 Å². The third kappa shape index (κ3) is 15.4. The number of ether oxygens (including phenoxy) is 1. The average Bonchev–Trinajstić information content (AvgIpc) is 2.39. The van der Waals surface area contributed by atoms with Gasteiger partial charge in [0.25, 0.3) is 0 Å². The van der Waals surface area contributed by atoms with Crippen molar-refractivity contribution in [1.82, 2.24) is 0 Å². The van der Waals surface area contributed by atoms with E-state index in [-0.39, 0.29) is 0 Å². The highest BCUT2D eigenvalue weighted by molar-refractivity contribution is 4.90. The lowest BCUT2D eigenvalue weighted by atomic mass is 10.1. The van der Waals surface area contributed by atoms with E-state index in [1.165, 1.54) is 64.2 Å². The maximum Gasteiger partial charge on any atom is 0.110 e. The average molecular weight is 252 g/mol. The molecule has 0 aromatic rings. The first-order chi connectivity index (χ1) is 8.91. The maximum atomic E-state index is 5.28. The van der Waals surface area contributed by atoms with Gasteiger partial charge in [0.15, 0.2) is 0 Å². The minimum Gasteiger partial charge on any atom is -0.447 e. The van der Waals surface area contributed by atoms with Gasteiger partial charge in [-0.05, 0) is 12.8 Å². The van der Waals surface area contributed by atoms with Gasteiger partial charge >= 0.3 is 0 Å². The van der Waals surface area contributed by atoms with Crippen LogP contribution < -0.4 is 0 Å². The third-order valence-electron chi connectivity index (χ3n) is 3.15. The molecule has 0 amide bonds. The molecular formula is C17H32O. The number of hydrogen-bond donors (Lipinski definition) is 0. The summed E-state index contributed by atoms with van der Waals surface area (Å²) in [5.41, 5.74) is 0. The molecule has 0 rings (SSSR count). The Labute approximate surface area is 115 Å². The van der Waals surface area contributed by atoms with Crippen molar-refractivity contribution in [2.75, 3.05) is 6.61 Å². The molecule has 0 aliphatic carbocycles. The quantitative estimate of drug-likeness (QED) is 0.320. The Bertz CT molecular complexity index is 199. The molecule has 0 spiro atoms. The first-order valence-electron chi connectivity index (χ1n) is 8.01. The van der Waals surface area contributed by atoms with Gasteiger partial charge in [0.2, 0.25) is 0 Å². The van der Waals surface area contributed by atoms with Crippen LogP contribution in [0.15, 0.2) is 0 Å². The van der Waals surface area contributed by atoms with Crippen molar-refractivity contribution in [3.8, 4) is 12.0 Å². The molecule has 0 saturated heterocycles. The van der Waals surface area contributed by atoms with E-state index < -0.39 is 0 Å². The Balaban J connectivity index is 3.05. The zero-order valence-electron chi connectivity index (χ0n) is 12.6. The summed E-state index contributed by atoms with van der Waals surface area (Å²) in [6.07, 6.45) is 18.3. The van der Waals surface area contributed by atoms with Crippen LogP contribution in [0.1, 0.15) is 90.9 Å². The highest BCUT2D eigenvalue weighted by Gasteiger charge is 1.89. The van der Waals surface area contributed by atoms with Gasteiger partial charge in [0, 0.05) is 6.42 Å². The van der Waals surface area contributed by atoms with Crippen LogP contribution >= 0.6 is 0 Å². The highest BCUT2D eigenvalue weighted by atomic mass is 16.5. The standard InChI is InChI=1S/C17H32O/c1-3-5-7-9-10-11-12-13-15-17-18-16-14-8-6-4-2/h3-14,16H2,1-2H3. The summed E-state index contributed by atoms with van der Waals surface area (Å²) in [5, 5.41) is 0. The van der Waals surface area contributed by atoms with E-state index in [1.807, 2.05) is 0 Å². The molecule has 0 fully saturated rings.